The molecule has 2 aromatic carbocycles. The van der Waals surface area contributed by atoms with E-state index in [1.807, 2.05) is 6.92 Å². The summed E-state index contributed by atoms with van der Waals surface area (Å²) in [4.78, 5) is 13.9. The number of ether oxygens (including phenoxy) is 2. The Bertz CT molecular complexity index is 997. The van der Waals surface area contributed by atoms with Crippen molar-refractivity contribution in [1.82, 2.24) is 4.31 Å². The zero-order valence-corrected chi connectivity index (χ0v) is 18.0. The highest BCUT2D eigenvalue weighted by Gasteiger charge is 2.27. The molecule has 0 saturated carbocycles. The number of amides is 1. The van der Waals surface area contributed by atoms with Crippen LogP contribution in [0.5, 0.6) is 11.5 Å². The quantitative estimate of drug-likeness (QED) is 0.691. The van der Waals surface area contributed by atoms with Gasteiger partial charge in [-0.3, -0.25) is 4.79 Å². The number of nitrogens with zero attached hydrogens (tertiary/aromatic N) is 2. The minimum atomic E-state index is -3.74. The van der Waals surface area contributed by atoms with Crippen molar-refractivity contribution in [3.8, 4) is 11.5 Å². The standard InChI is InChI=1S/C21H26N2O5S/c1-15-13-16(10-11-18(15)23-12-6-9-21(23)24)29(25,26)22(2)14-17-19(27-3)7-5-8-20(17)28-4/h5,7-8,10-11,13H,6,9,12,14H2,1-4H3. The molecule has 156 valence electrons. The normalized spacial score (nSPS) is 14.5. The lowest BCUT2D eigenvalue weighted by Crippen LogP contribution is -2.28. The highest BCUT2D eigenvalue weighted by Crippen LogP contribution is 2.32. The molecule has 1 amide bonds. The van der Waals surface area contributed by atoms with E-state index >= 15 is 0 Å². The second-order valence-electron chi connectivity index (χ2n) is 7.00. The van der Waals surface area contributed by atoms with E-state index in [9.17, 15) is 13.2 Å². The summed E-state index contributed by atoms with van der Waals surface area (Å²) in [7, 11) is 0.850. The van der Waals surface area contributed by atoms with E-state index in [2.05, 4.69) is 0 Å². The van der Waals surface area contributed by atoms with Gasteiger partial charge in [0.05, 0.1) is 24.7 Å². The van der Waals surface area contributed by atoms with Gasteiger partial charge in [-0.2, -0.15) is 4.31 Å². The van der Waals surface area contributed by atoms with Crippen molar-refractivity contribution in [2.75, 3.05) is 32.7 Å². The summed E-state index contributed by atoms with van der Waals surface area (Å²) in [5, 5.41) is 0. The maximum Gasteiger partial charge on any atom is 0.243 e. The fraction of sp³-hybridized carbons (Fsp3) is 0.381. The summed E-state index contributed by atoms with van der Waals surface area (Å²) < 4.78 is 38.3. The Labute approximate surface area is 171 Å². The predicted molar refractivity (Wildman–Crippen MR) is 111 cm³/mol. The lowest BCUT2D eigenvalue weighted by Gasteiger charge is -2.22. The maximum absolute atomic E-state index is 13.1. The molecule has 0 radical (unpaired) electrons. The number of hydrogen-bond donors (Lipinski definition) is 0. The monoisotopic (exact) mass is 418 g/mol. The van der Waals surface area contributed by atoms with E-state index in [0.29, 0.717) is 30.0 Å². The first kappa shape index (κ1) is 21.1. The molecule has 2 aromatic rings. The summed E-state index contributed by atoms with van der Waals surface area (Å²) >= 11 is 0. The molecule has 0 bridgehead atoms. The van der Waals surface area contributed by atoms with E-state index < -0.39 is 10.0 Å². The Hall–Kier alpha value is -2.58. The van der Waals surface area contributed by atoms with Crippen LogP contribution in [0.1, 0.15) is 24.0 Å². The molecule has 8 heteroatoms. The molecule has 3 rings (SSSR count). The average Bonchev–Trinajstić information content (AvgIpc) is 3.13. The predicted octanol–water partition coefficient (Wildman–Crippen LogP) is 2.96. The Morgan fingerprint density at radius 2 is 1.76 bits per heavy atom. The number of hydrogen-bond acceptors (Lipinski definition) is 5. The van der Waals surface area contributed by atoms with Crippen LogP contribution in [-0.2, 0) is 21.4 Å². The van der Waals surface area contributed by atoms with Gasteiger partial charge in [0.2, 0.25) is 15.9 Å². The fourth-order valence-corrected chi connectivity index (χ4v) is 4.79. The van der Waals surface area contributed by atoms with Crippen molar-refractivity contribution in [2.24, 2.45) is 0 Å². The topological polar surface area (TPSA) is 76.2 Å². The third-order valence-electron chi connectivity index (χ3n) is 5.15. The average molecular weight is 419 g/mol. The first-order valence-electron chi connectivity index (χ1n) is 9.36. The van der Waals surface area contributed by atoms with Crippen molar-refractivity contribution in [3.63, 3.8) is 0 Å². The molecule has 1 aliphatic heterocycles. The molecule has 29 heavy (non-hydrogen) atoms. The molecule has 1 heterocycles. The van der Waals surface area contributed by atoms with Gasteiger partial charge < -0.3 is 14.4 Å². The fourth-order valence-electron chi connectivity index (χ4n) is 3.57. The van der Waals surface area contributed by atoms with Crippen molar-refractivity contribution in [3.05, 3.63) is 47.5 Å². The minimum Gasteiger partial charge on any atom is -0.496 e. The third-order valence-corrected chi connectivity index (χ3v) is 6.95. The molecule has 1 aliphatic rings. The highest BCUT2D eigenvalue weighted by atomic mass is 32.2. The van der Waals surface area contributed by atoms with Crippen molar-refractivity contribution >= 4 is 21.6 Å². The lowest BCUT2D eigenvalue weighted by molar-refractivity contribution is -0.117. The highest BCUT2D eigenvalue weighted by molar-refractivity contribution is 7.89. The van der Waals surface area contributed by atoms with Crippen LogP contribution in [0.3, 0.4) is 0 Å². The van der Waals surface area contributed by atoms with Gasteiger partial charge in [0.15, 0.2) is 0 Å². The smallest absolute Gasteiger partial charge is 0.243 e. The Morgan fingerprint density at radius 3 is 2.28 bits per heavy atom. The van der Waals surface area contributed by atoms with Gasteiger partial charge in [-0.1, -0.05) is 6.07 Å². The third kappa shape index (κ3) is 4.09. The van der Waals surface area contributed by atoms with Crippen LogP contribution in [-0.4, -0.2) is 46.4 Å². The molecular weight excluding hydrogens is 392 g/mol. The van der Waals surface area contributed by atoms with Gasteiger partial charge in [0, 0.05) is 32.2 Å². The number of rotatable bonds is 7. The van der Waals surface area contributed by atoms with Gasteiger partial charge in [0.1, 0.15) is 11.5 Å². The van der Waals surface area contributed by atoms with Crippen LogP contribution >= 0.6 is 0 Å². The summed E-state index contributed by atoms with van der Waals surface area (Å²) in [6, 6.07) is 10.2. The molecule has 0 aromatic heterocycles. The van der Waals surface area contributed by atoms with Gasteiger partial charge in [-0.05, 0) is 49.2 Å². The van der Waals surface area contributed by atoms with Crippen LogP contribution in [0.4, 0.5) is 5.69 Å². The van der Waals surface area contributed by atoms with Gasteiger partial charge in [-0.25, -0.2) is 8.42 Å². The number of anilines is 1. The van der Waals surface area contributed by atoms with E-state index in [1.165, 1.54) is 25.6 Å². The summed E-state index contributed by atoms with van der Waals surface area (Å²) in [5.41, 5.74) is 2.17. The van der Waals surface area contributed by atoms with Crippen LogP contribution in [0.25, 0.3) is 0 Å². The molecule has 0 aliphatic carbocycles. The Balaban J connectivity index is 1.89. The number of benzene rings is 2. The molecule has 1 fully saturated rings. The molecule has 0 N–H and O–H groups in total. The number of methoxy groups -OCH3 is 2. The van der Waals surface area contributed by atoms with Gasteiger partial charge in [-0.15, -0.1) is 0 Å². The van der Waals surface area contributed by atoms with Crippen LogP contribution in [0, 0.1) is 6.92 Å². The SMILES string of the molecule is COc1cccc(OC)c1CN(C)S(=O)(=O)c1ccc(N2CCCC2=O)c(C)c1. The largest absolute Gasteiger partial charge is 0.496 e. The van der Waals surface area contributed by atoms with Crippen LogP contribution in [0.15, 0.2) is 41.3 Å². The first-order valence-corrected chi connectivity index (χ1v) is 10.8. The molecule has 0 unspecified atom stereocenters. The first-order chi connectivity index (χ1) is 13.8. The van der Waals surface area contributed by atoms with E-state index in [4.69, 9.17) is 9.47 Å². The summed E-state index contributed by atoms with van der Waals surface area (Å²) in [6.45, 7) is 2.59. The lowest BCUT2D eigenvalue weighted by atomic mass is 10.1. The Morgan fingerprint density at radius 1 is 1.10 bits per heavy atom. The van der Waals surface area contributed by atoms with Crippen molar-refractivity contribution < 1.29 is 22.7 Å². The zero-order valence-electron chi connectivity index (χ0n) is 17.1. The maximum atomic E-state index is 13.1. The summed E-state index contributed by atoms with van der Waals surface area (Å²) in [5.74, 6) is 1.19. The number of carbonyl (C=O) groups is 1. The van der Waals surface area contributed by atoms with Crippen molar-refractivity contribution in [1.29, 1.82) is 0 Å². The number of aryl methyl sites for hydroxylation is 1. The van der Waals surface area contributed by atoms with Crippen molar-refractivity contribution in [2.45, 2.75) is 31.2 Å². The Kier molecular flexibility index (Phi) is 6.14. The van der Waals surface area contributed by atoms with E-state index in [-0.39, 0.29) is 17.3 Å². The van der Waals surface area contributed by atoms with Gasteiger partial charge >= 0.3 is 0 Å². The second kappa shape index (κ2) is 8.42. The number of carbonyl (C=O) groups excluding carboxylic acids is 1. The second-order valence-corrected chi connectivity index (χ2v) is 9.04. The number of sulfonamides is 1. The van der Waals surface area contributed by atoms with E-state index in [0.717, 1.165) is 17.7 Å². The molecule has 0 spiro atoms. The molecule has 0 atom stereocenters. The summed E-state index contributed by atoms with van der Waals surface area (Å²) in [6.07, 6.45) is 1.35. The van der Waals surface area contributed by atoms with Crippen LogP contribution in [0.2, 0.25) is 0 Å². The molecular formula is C21H26N2O5S. The van der Waals surface area contributed by atoms with Gasteiger partial charge in [0.25, 0.3) is 0 Å². The van der Waals surface area contributed by atoms with E-state index in [1.54, 1.807) is 41.3 Å². The van der Waals surface area contributed by atoms with Crippen LogP contribution < -0.4 is 14.4 Å². The zero-order chi connectivity index (χ0) is 21.2. The molecule has 1 saturated heterocycles. The minimum absolute atomic E-state index is 0.0732. The molecule has 7 nitrogen and oxygen atoms in total.